The smallest absolute Gasteiger partial charge is 0.340 e. The number of aliphatic hydroxyl groups excluding tert-OH is 1. The Labute approximate surface area is 162 Å². The lowest BCUT2D eigenvalue weighted by molar-refractivity contribution is -0.105. The summed E-state index contributed by atoms with van der Waals surface area (Å²) in [6, 6.07) is 4.45. The van der Waals surface area contributed by atoms with Crippen LogP contribution in [0.25, 0.3) is 0 Å². The number of ether oxygens (including phenoxy) is 1. The number of hydrogen-bond donors (Lipinski definition) is 1. The summed E-state index contributed by atoms with van der Waals surface area (Å²) in [6.07, 6.45) is -3.61. The highest BCUT2D eigenvalue weighted by atomic mass is 32.2. The highest BCUT2D eigenvalue weighted by Gasteiger charge is 2.43. The number of benzene rings is 1. The molecule has 1 N–H and O–H groups in total. The molecule has 0 amide bonds. The maximum Gasteiger partial charge on any atom is 0.340 e. The third-order valence-electron chi connectivity index (χ3n) is 3.93. The zero-order valence-corrected chi connectivity index (χ0v) is 15.4. The first-order valence-corrected chi connectivity index (χ1v) is 9.47. The summed E-state index contributed by atoms with van der Waals surface area (Å²) < 4.78 is 96.5. The van der Waals surface area contributed by atoms with E-state index in [1.54, 1.807) is 6.07 Å². The molecular formula is C18H14F5NO4S. The van der Waals surface area contributed by atoms with Crippen molar-refractivity contribution in [2.45, 2.75) is 30.6 Å². The Hall–Kier alpha value is -2.71. The maximum atomic E-state index is 14.2. The van der Waals surface area contributed by atoms with Crippen LogP contribution in [-0.2, 0) is 9.84 Å². The minimum absolute atomic E-state index is 0.147. The van der Waals surface area contributed by atoms with Crippen molar-refractivity contribution in [3.63, 3.8) is 0 Å². The fourth-order valence-corrected chi connectivity index (χ4v) is 3.31. The van der Waals surface area contributed by atoms with Crippen LogP contribution in [0.5, 0.6) is 5.75 Å². The highest BCUT2D eigenvalue weighted by molar-refractivity contribution is 7.95. The van der Waals surface area contributed by atoms with Crippen molar-refractivity contribution >= 4 is 9.84 Å². The number of sulfone groups is 1. The van der Waals surface area contributed by atoms with Crippen LogP contribution in [0.2, 0.25) is 0 Å². The number of rotatable bonds is 4. The first-order valence-electron chi connectivity index (χ1n) is 7.92. The molecule has 29 heavy (non-hydrogen) atoms. The first kappa shape index (κ1) is 22.6. The van der Waals surface area contributed by atoms with Gasteiger partial charge in [-0.15, -0.1) is 0 Å². The Morgan fingerprint density at radius 1 is 1.28 bits per heavy atom. The predicted octanol–water partition coefficient (Wildman–Crippen LogP) is 3.83. The molecule has 2 rings (SSSR count). The van der Waals surface area contributed by atoms with Crippen molar-refractivity contribution in [1.82, 2.24) is 0 Å². The Balaban J connectivity index is 2.56. The lowest BCUT2D eigenvalue weighted by atomic mass is 10.0. The van der Waals surface area contributed by atoms with Crippen LogP contribution in [0.4, 0.5) is 22.0 Å². The molecule has 0 unspecified atom stereocenters. The van der Waals surface area contributed by atoms with Crippen LogP contribution in [-0.4, -0.2) is 31.3 Å². The van der Waals surface area contributed by atoms with E-state index in [0.717, 1.165) is 24.3 Å². The van der Waals surface area contributed by atoms with Crippen LogP contribution in [0.3, 0.4) is 0 Å². The zero-order valence-electron chi connectivity index (χ0n) is 14.6. The number of nitrogens with zero attached hydrogens (tertiary/aromatic N) is 1. The molecular weight excluding hydrogens is 421 g/mol. The largest absolute Gasteiger partial charge is 0.457 e. The van der Waals surface area contributed by atoms with E-state index in [2.05, 4.69) is 6.58 Å². The van der Waals surface area contributed by atoms with Crippen molar-refractivity contribution in [2.75, 3.05) is 0 Å². The fourth-order valence-electron chi connectivity index (χ4n) is 2.43. The summed E-state index contributed by atoms with van der Waals surface area (Å²) >= 11 is 0. The van der Waals surface area contributed by atoms with Gasteiger partial charge in [-0.3, -0.25) is 0 Å². The molecule has 1 aromatic carbocycles. The molecule has 5 nitrogen and oxygen atoms in total. The molecule has 0 fully saturated rings. The average Bonchev–Trinajstić information content (AvgIpc) is 2.65. The first-order chi connectivity index (χ1) is 13.4. The number of halogens is 5. The van der Waals surface area contributed by atoms with Gasteiger partial charge in [-0.1, -0.05) is 6.58 Å². The molecule has 1 aliphatic carbocycles. The second kappa shape index (κ2) is 8.34. The van der Waals surface area contributed by atoms with Crippen LogP contribution in [0, 0.1) is 17.1 Å². The van der Waals surface area contributed by atoms with Crippen molar-refractivity contribution in [2.24, 2.45) is 0 Å². The summed E-state index contributed by atoms with van der Waals surface area (Å²) in [4.78, 5) is -1.13. The molecule has 11 heteroatoms. The van der Waals surface area contributed by atoms with E-state index in [4.69, 9.17) is 10.00 Å². The standard InChI is InChI=1S/C18H14F5NO4S/c1-10-8-18(22,23)16(25)7-14(29(26,27)17(20)21)2-3-15(10)28-13-5-11(9-24)4-12(19)6-13/h2-6,16-17,25H,1,7-8H2/b14-2+,15-3+/t16-/m0/s1. The quantitative estimate of drug-likeness (QED) is 0.727. The van der Waals surface area contributed by atoms with Gasteiger partial charge in [0.1, 0.15) is 23.4 Å². The van der Waals surface area contributed by atoms with Gasteiger partial charge < -0.3 is 9.84 Å². The van der Waals surface area contributed by atoms with E-state index in [-0.39, 0.29) is 11.3 Å². The fraction of sp³-hybridized carbons (Fsp3) is 0.278. The molecule has 0 saturated carbocycles. The normalized spacial score (nSPS) is 23.7. The van der Waals surface area contributed by atoms with E-state index in [1.807, 2.05) is 0 Å². The van der Waals surface area contributed by atoms with Gasteiger partial charge in [-0.2, -0.15) is 14.0 Å². The number of aliphatic hydroxyl groups is 1. The second-order valence-corrected chi connectivity index (χ2v) is 8.09. The molecule has 0 aromatic heterocycles. The topological polar surface area (TPSA) is 87.4 Å². The summed E-state index contributed by atoms with van der Waals surface area (Å²) in [7, 11) is -5.27. The van der Waals surface area contributed by atoms with Gasteiger partial charge in [0.05, 0.1) is 16.5 Å². The van der Waals surface area contributed by atoms with E-state index in [9.17, 15) is 35.5 Å². The van der Waals surface area contributed by atoms with Crippen molar-refractivity contribution in [3.8, 4) is 11.8 Å². The monoisotopic (exact) mass is 435 g/mol. The molecule has 1 aromatic rings. The molecule has 0 saturated heterocycles. The van der Waals surface area contributed by atoms with Gasteiger partial charge >= 0.3 is 5.76 Å². The number of nitriles is 1. The minimum Gasteiger partial charge on any atom is -0.457 e. The summed E-state index contributed by atoms with van der Waals surface area (Å²) in [6.45, 7) is 3.38. The third kappa shape index (κ3) is 5.21. The van der Waals surface area contributed by atoms with Crippen LogP contribution < -0.4 is 4.74 Å². The van der Waals surface area contributed by atoms with Gasteiger partial charge in [0, 0.05) is 18.9 Å². The number of hydrogen-bond acceptors (Lipinski definition) is 5. The summed E-state index contributed by atoms with van der Waals surface area (Å²) in [5.74, 6) is -9.44. The second-order valence-electron chi connectivity index (χ2n) is 6.12. The molecule has 1 aliphatic rings. The molecule has 1 atom stereocenters. The summed E-state index contributed by atoms with van der Waals surface area (Å²) in [5.41, 5.74) is -0.560. The minimum atomic E-state index is -5.27. The Morgan fingerprint density at radius 3 is 2.52 bits per heavy atom. The zero-order chi connectivity index (χ0) is 22.0. The van der Waals surface area contributed by atoms with Gasteiger partial charge in [-0.25, -0.2) is 21.6 Å². The maximum absolute atomic E-state index is 14.2. The Kier molecular flexibility index (Phi) is 6.50. The lowest BCUT2D eigenvalue weighted by Crippen LogP contribution is -2.35. The molecule has 0 spiro atoms. The van der Waals surface area contributed by atoms with Crippen LogP contribution in [0.15, 0.2) is 53.2 Å². The molecule has 0 aliphatic heterocycles. The Bertz CT molecular complexity index is 1030. The van der Waals surface area contributed by atoms with E-state index in [0.29, 0.717) is 6.08 Å². The molecule has 0 bridgehead atoms. The van der Waals surface area contributed by atoms with Gasteiger partial charge in [0.15, 0.2) is 0 Å². The van der Waals surface area contributed by atoms with E-state index >= 15 is 0 Å². The number of allylic oxidation sites excluding steroid dienone is 3. The van der Waals surface area contributed by atoms with Gasteiger partial charge in [0.2, 0.25) is 9.84 Å². The van der Waals surface area contributed by atoms with Gasteiger partial charge in [-0.05, 0) is 29.9 Å². The molecule has 156 valence electrons. The van der Waals surface area contributed by atoms with Crippen molar-refractivity contribution < 1.29 is 40.2 Å². The Morgan fingerprint density at radius 2 is 1.93 bits per heavy atom. The average molecular weight is 435 g/mol. The molecule has 0 heterocycles. The third-order valence-corrected chi connectivity index (χ3v) is 5.43. The molecule has 0 radical (unpaired) electrons. The van der Waals surface area contributed by atoms with Crippen LogP contribution >= 0.6 is 0 Å². The lowest BCUT2D eigenvalue weighted by Gasteiger charge is -2.24. The SMILES string of the molecule is C=C1CC(F)(F)[C@@H](O)C/C(S(=O)(=O)C(F)F)=C\C=C/1Oc1cc(F)cc(C#N)c1. The van der Waals surface area contributed by atoms with Crippen LogP contribution in [0.1, 0.15) is 18.4 Å². The number of alkyl halides is 4. The highest BCUT2D eigenvalue weighted by Crippen LogP contribution is 2.36. The van der Waals surface area contributed by atoms with E-state index < -0.39 is 62.5 Å². The van der Waals surface area contributed by atoms with Crippen molar-refractivity contribution in [3.05, 3.63) is 64.5 Å². The predicted molar refractivity (Wildman–Crippen MR) is 92.2 cm³/mol. The van der Waals surface area contributed by atoms with Crippen molar-refractivity contribution in [1.29, 1.82) is 5.26 Å². The summed E-state index contributed by atoms with van der Waals surface area (Å²) in [5, 5.41) is 18.5. The van der Waals surface area contributed by atoms with Gasteiger partial charge in [0.25, 0.3) is 5.92 Å². The van der Waals surface area contributed by atoms with E-state index in [1.165, 1.54) is 0 Å².